The van der Waals surface area contributed by atoms with Gasteiger partial charge < -0.3 is 0 Å². The van der Waals surface area contributed by atoms with Crippen molar-refractivity contribution in [3.63, 3.8) is 0 Å². The van der Waals surface area contributed by atoms with Crippen LogP contribution < -0.4 is 0 Å². The van der Waals surface area contributed by atoms with E-state index in [1.165, 1.54) is 48.5 Å². The van der Waals surface area contributed by atoms with E-state index in [9.17, 15) is 19.3 Å². The SMILES string of the molecule is C=Cc1ccc([N+](=O)[O-])cc1C(=O)Cc1ccc(F)cc1. The number of nitro benzene ring substituents is 1. The van der Waals surface area contributed by atoms with Crippen LogP contribution in [-0.2, 0) is 6.42 Å². The van der Waals surface area contributed by atoms with Crippen LogP contribution in [0.4, 0.5) is 10.1 Å². The number of carbonyl (C=O) groups is 1. The summed E-state index contributed by atoms with van der Waals surface area (Å²) < 4.78 is 12.8. The van der Waals surface area contributed by atoms with Gasteiger partial charge in [-0.05, 0) is 29.3 Å². The lowest BCUT2D eigenvalue weighted by Crippen LogP contribution is -2.06. The van der Waals surface area contributed by atoms with Crippen molar-refractivity contribution in [2.24, 2.45) is 0 Å². The molecule has 0 fully saturated rings. The van der Waals surface area contributed by atoms with Gasteiger partial charge in [0.05, 0.1) is 4.92 Å². The predicted octanol–water partition coefficient (Wildman–Crippen LogP) is 3.80. The molecule has 0 radical (unpaired) electrons. The van der Waals surface area contributed by atoms with Crippen LogP contribution in [0.25, 0.3) is 6.08 Å². The summed E-state index contributed by atoms with van der Waals surface area (Å²) in [5.74, 6) is -0.659. The van der Waals surface area contributed by atoms with E-state index >= 15 is 0 Å². The summed E-state index contributed by atoms with van der Waals surface area (Å²) in [6, 6.07) is 9.61. The fourth-order valence-electron chi connectivity index (χ4n) is 1.96. The van der Waals surface area contributed by atoms with E-state index in [0.29, 0.717) is 11.1 Å². The number of benzene rings is 2. The molecule has 0 aliphatic carbocycles. The minimum atomic E-state index is -0.554. The summed E-state index contributed by atoms with van der Waals surface area (Å²) in [5.41, 5.74) is 1.27. The van der Waals surface area contributed by atoms with Gasteiger partial charge in [-0.3, -0.25) is 14.9 Å². The van der Waals surface area contributed by atoms with Crippen LogP contribution in [0.2, 0.25) is 0 Å². The molecule has 0 saturated heterocycles. The van der Waals surface area contributed by atoms with Crippen LogP contribution in [0.15, 0.2) is 49.0 Å². The predicted molar refractivity (Wildman–Crippen MR) is 77.6 cm³/mol. The van der Waals surface area contributed by atoms with Gasteiger partial charge in [-0.1, -0.05) is 24.8 Å². The summed E-state index contributed by atoms with van der Waals surface area (Å²) in [4.78, 5) is 22.5. The van der Waals surface area contributed by atoms with Gasteiger partial charge in [-0.2, -0.15) is 0 Å². The number of non-ortho nitro benzene ring substituents is 1. The Hall–Kier alpha value is -2.82. The highest BCUT2D eigenvalue weighted by Gasteiger charge is 2.15. The Morgan fingerprint density at radius 2 is 1.90 bits per heavy atom. The fourth-order valence-corrected chi connectivity index (χ4v) is 1.96. The first kappa shape index (κ1) is 14.6. The van der Waals surface area contributed by atoms with Crippen molar-refractivity contribution in [2.45, 2.75) is 6.42 Å². The number of hydrogen-bond donors (Lipinski definition) is 0. The maximum absolute atomic E-state index is 12.8. The maximum Gasteiger partial charge on any atom is 0.270 e. The number of halogens is 1. The van der Waals surface area contributed by atoms with E-state index < -0.39 is 4.92 Å². The second-order valence-corrected chi connectivity index (χ2v) is 4.46. The lowest BCUT2D eigenvalue weighted by Gasteiger charge is -2.06. The van der Waals surface area contributed by atoms with Crippen molar-refractivity contribution in [1.29, 1.82) is 0 Å². The van der Waals surface area contributed by atoms with E-state index in [0.717, 1.165) is 0 Å². The molecule has 0 heterocycles. The molecule has 2 aromatic carbocycles. The monoisotopic (exact) mass is 285 g/mol. The molecule has 4 nitrogen and oxygen atoms in total. The van der Waals surface area contributed by atoms with Crippen molar-refractivity contribution in [3.8, 4) is 0 Å². The normalized spacial score (nSPS) is 10.1. The van der Waals surface area contributed by atoms with Crippen molar-refractivity contribution in [1.82, 2.24) is 0 Å². The Morgan fingerprint density at radius 3 is 2.48 bits per heavy atom. The lowest BCUT2D eigenvalue weighted by molar-refractivity contribution is -0.384. The van der Waals surface area contributed by atoms with E-state index in [-0.39, 0.29) is 29.3 Å². The van der Waals surface area contributed by atoms with Gasteiger partial charge in [-0.15, -0.1) is 0 Å². The molecule has 0 unspecified atom stereocenters. The molecule has 2 rings (SSSR count). The number of carbonyl (C=O) groups excluding carboxylic acids is 1. The Morgan fingerprint density at radius 1 is 1.24 bits per heavy atom. The van der Waals surface area contributed by atoms with Gasteiger partial charge in [0.15, 0.2) is 5.78 Å². The highest BCUT2D eigenvalue weighted by Crippen LogP contribution is 2.21. The minimum absolute atomic E-state index is 0.0439. The number of ketones is 1. The molecule has 0 spiro atoms. The molecule has 2 aromatic rings. The smallest absolute Gasteiger partial charge is 0.270 e. The highest BCUT2D eigenvalue weighted by atomic mass is 19.1. The average molecular weight is 285 g/mol. The summed E-state index contributed by atoms with van der Waals surface area (Å²) in [7, 11) is 0. The first-order chi connectivity index (χ1) is 10.0. The van der Waals surface area contributed by atoms with Crippen LogP contribution in [-0.4, -0.2) is 10.7 Å². The highest BCUT2D eigenvalue weighted by molar-refractivity contribution is 6.01. The third-order valence-electron chi connectivity index (χ3n) is 3.05. The van der Waals surface area contributed by atoms with Gasteiger partial charge in [0.25, 0.3) is 5.69 Å². The zero-order chi connectivity index (χ0) is 15.4. The largest absolute Gasteiger partial charge is 0.294 e. The summed E-state index contributed by atoms with van der Waals surface area (Å²) in [6.07, 6.45) is 1.52. The summed E-state index contributed by atoms with van der Waals surface area (Å²) >= 11 is 0. The third kappa shape index (κ3) is 3.39. The summed E-state index contributed by atoms with van der Waals surface area (Å²) in [5, 5.41) is 10.8. The molecule has 0 aliphatic heterocycles. The van der Waals surface area contributed by atoms with Crippen LogP contribution in [0, 0.1) is 15.9 Å². The van der Waals surface area contributed by atoms with E-state index in [2.05, 4.69) is 6.58 Å². The first-order valence-electron chi connectivity index (χ1n) is 6.20. The zero-order valence-electron chi connectivity index (χ0n) is 11.1. The molecule has 5 heteroatoms. The van der Waals surface area contributed by atoms with Crippen molar-refractivity contribution in [3.05, 3.63) is 81.7 Å². The van der Waals surface area contributed by atoms with E-state index in [1.54, 1.807) is 0 Å². The molecule has 0 amide bonds. The maximum atomic E-state index is 12.8. The van der Waals surface area contributed by atoms with Crippen molar-refractivity contribution in [2.75, 3.05) is 0 Å². The van der Waals surface area contributed by atoms with Crippen molar-refractivity contribution < 1.29 is 14.1 Å². The molecule has 21 heavy (non-hydrogen) atoms. The average Bonchev–Trinajstić information content (AvgIpc) is 2.48. The molecule has 0 N–H and O–H groups in total. The number of rotatable bonds is 5. The molecule has 0 bridgehead atoms. The zero-order valence-corrected chi connectivity index (χ0v) is 11.1. The lowest BCUT2D eigenvalue weighted by atomic mass is 9.98. The van der Waals surface area contributed by atoms with Crippen LogP contribution in [0.1, 0.15) is 21.5 Å². The topological polar surface area (TPSA) is 60.2 Å². The Kier molecular flexibility index (Phi) is 4.23. The van der Waals surface area contributed by atoms with Crippen molar-refractivity contribution >= 4 is 17.5 Å². The molecule has 0 aliphatic rings. The van der Waals surface area contributed by atoms with Gasteiger partial charge in [0.1, 0.15) is 5.82 Å². The summed E-state index contributed by atoms with van der Waals surface area (Å²) in [6.45, 7) is 3.60. The molecule has 0 atom stereocenters. The molecular weight excluding hydrogens is 273 g/mol. The minimum Gasteiger partial charge on any atom is -0.294 e. The number of Topliss-reactive ketones (excluding diaryl/α,β-unsaturated/α-hetero) is 1. The second kappa shape index (κ2) is 6.09. The number of nitro groups is 1. The van der Waals surface area contributed by atoms with Crippen LogP contribution in [0.3, 0.4) is 0 Å². The number of nitrogens with zero attached hydrogens (tertiary/aromatic N) is 1. The van der Waals surface area contributed by atoms with E-state index in [1.807, 2.05) is 0 Å². The fraction of sp³-hybridized carbons (Fsp3) is 0.0625. The number of hydrogen-bond acceptors (Lipinski definition) is 3. The molecule has 106 valence electrons. The quantitative estimate of drug-likeness (QED) is 0.477. The molecular formula is C16H12FNO3. The van der Waals surface area contributed by atoms with Gasteiger partial charge >= 0.3 is 0 Å². The third-order valence-corrected chi connectivity index (χ3v) is 3.05. The first-order valence-corrected chi connectivity index (χ1v) is 6.20. The Labute approximate surface area is 120 Å². The van der Waals surface area contributed by atoms with Gasteiger partial charge in [-0.25, -0.2) is 4.39 Å². The van der Waals surface area contributed by atoms with Gasteiger partial charge in [0, 0.05) is 24.1 Å². The molecule has 0 aromatic heterocycles. The Balaban J connectivity index is 2.33. The molecule has 0 saturated carbocycles. The van der Waals surface area contributed by atoms with Crippen LogP contribution in [0.5, 0.6) is 0 Å². The van der Waals surface area contributed by atoms with Gasteiger partial charge in [0.2, 0.25) is 0 Å². The second-order valence-electron chi connectivity index (χ2n) is 4.46. The van der Waals surface area contributed by atoms with Crippen LogP contribution >= 0.6 is 0 Å². The standard InChI is InChI=1S/C16H12FNO3/c1-2-12-5-8-14(18(20)21)10-15(12)16(19)9-11-3-6-13(17)7-4-11/h2-8,10H,1,9H2. The Bertz CT molecular complexity index is 708. The van der Waals surface area contributed by atoms with E-state index in [4.69, 9.17) is 0 Å².